The second kappa shape index (κ2) is 2.72. The summed E-state index contributed by atoms with van der Waals surface area (Å²) < 4.78 is 0. The molecule has 0 saturated heterocycles. The van der Waals surface area contributed by atoms with Crippen LogP contribution in [0.1, 0.15) is 39.5 Å². The molecule has 3 saturated carbocycles. The van der Waals surface area contributed by atoms with Gasteiger partial charge >= 0.3 is 5.97 Å². The van der Waals surface area contributed by atoms with Crippen LogP contribution in [0.25, 0.3) is 0 Å². The van der Waals surface area contributed by atoms with Crippen LogP contribution >= 0.6 is 0 Å². The standard InChI is InChI=1S/C11H19NO2/c1-10(2)7-3-4-11(12,6-9(13)14)8(10)5-7/h7-8H,3-6,12H2,1-2H3,(H,13,14)/t7-,8+,11-/m0/s1. The van der Waals surface area contributed by atoms with Crippen molar-refractivity contribution in [3.8, 4) is 0 Å². The first-order valence-corrected chi connectivity index (χ1v) is 5.37. The molecule has 0 aromatic carbocycles. The quantitative estimate of drug-likeness (QED) is 0.707. The van der Waals surface area contributed by atoms with Crippen molar-refractivity contribution in [3.05, 3.63) is 0 Å². The SMILES string of the molecule is CC1(C)[C@H]2CC[C@](N)(CC(=O)O)[C@@H]1C2. The number of fused-ring (bicyclic) bond motifs is 2. The summed E-state index contributed by atoms with van der Waals surface area (Å²) in [5, 5.41) is 8.86. The highest BCUT2D eigenvalue weighted by Crippen LogP contribution is 2.62. The molecule has 0 amide bonds. The number of aliphatic carboxylic acids is 1. The predicted octanol–water partition coefficient (Wildman–Crippen LogP) is 1.61. The second-order valence-electron chi connectivity index (χ2n) is 5.65. The zero-order valence-electron chi connectivity index (χ0n) is 8.92. The molecule has 3 N–H and O–H groups in total. The van der Waals surface area contributed by atoms with Gasteiger partial charge in [-0.2, -0.15) is 0 Å². The van der Waals surface area contributed by atoms with Gasteiger partial charge in [-0.25, -0.2) is 0 Å². The highest BCUT2D eigenvalue weighted by Gasteiger charge is 2.59. The molecule has 3 aliphatic carbocycles. The Morgan fingerprint density at radius 3 is 2.64 bits per heavy atom. The van der Waals surface area contributed by atoms with Crippen molar-refractivity contribution in [2.24, 2.45) is 23.0 Å². The lowest BCUT2D eigenvalue weighted by Crippen LogP contribution is -2.66. The lowest BCUT2D eigenvalue weighted by molar-refractivity contribution is -0.150. The summed E-state index contributed by atoms with van der Waals surface area (Å²) in [6.07, 6.45) is 3.26. The summed E-state index contributed by atoms with van der Waals surface area (Å²) >= 11 is 0. The maximum Gasteiger partial charge on any atom is 0.305 e. The molecule has 2 bridgehead atoms. The van der Waals surface area contributed by atoms with Crippen molar-refractivity contribution < 1.29 is 9.90 Å². The third kappa shape index (κ3) is 1.18. The first-order valence-electron chi connectivity index (χ1n) is 5.37. The zero-order chi connectivity index (χ0) is 10.6. The van der Waals surface area contributed by atoms with Gasteiger partial charge < -0.3 is 10.8 Å². The van der Waals surface area contributed by atoms with Crippen molar-refractivity contribution in [3.63, 3.8) is 0 Å². The van der Waals surface area contributed by atoms with E-state index in [0.717, 1.165) is 25.2 Å². The van der Waals surface area contributed by atoms with E-state index >= 15 is 0 Å². The fourth-order valence-corrected chi connectivity index (χ4v) is 3.59. The minimum Gasteiger partial charge on any atom is -0.481 e. The van der Waals surface area contributed by atoms with Crippen LogP contribution in [-0.2, 0) is 4.79 Å². The van der Waals surface area contributed by atoms with E-state index in [1.807, 2.05) is 0 Å². The van der Waals surface area contributed by atoms with Gasteiger partial charge in [0.05, 0.1) is 6.42 Å². The van der Waals surface area contributed by atoms with Gasteiger partial charge in [0.1, 0.15) is 0 Å². The van der Waals surface area contributed by atoms with E-state index in [9.17, 15) is 4.79 Å². The minimum absolute atomic E-state index is 0.133. The number of carbonyl (C=O) groups is 1. The number of carboxylic acids is 1. The number of nitrogens with two attached hydrogens (primary N) is 1. The average molecular weight is 197 g/mol. The van der Waals surface area contributed by atoms with Crippen molar-refractivity contribution in [1.29, 1.82) is 0 Å². The summed E-state index contributed by atoms with van der Waals surface area (Å²) in [4.78, 5) is 10.8. The Labute approximate surface area is 84.7 Å². The summed E-state index contributed by atoms with van der Waals surface area (Å²) in [5.41, 5.74) is 6.06. The number of hydrogen-bond donors (Lipinski definition) is 2. The third-order valence-corrected chi connectivity index (χ3v) is 4.60. The molecule has 0 heterocycles. The van der Waals surface area contributed by atoms with Gasteiger partial charge in [-0.1, -0.05) is 13.8 Å². The topological polar surface area (TPSA) is 63.3 Å². The molecule has 3 heteroatoms. The van der Waals surface area contributed by atoms with Crippen molar-refractivity contribution in [2.45, 2.75) is 45.1 Å². The Kier molecular flexibility index (Phi) is 1.94. The van der Waals surface area contributed by atoms with E-state index in [0.29, 0.717) is 5.92 Å². The van der Waals surface area contributed by atoms with Crippen LogP contribution in [0.3, 0.4) is 0 Å². The lowest BCUT2D eigenvalue weighted by Gasteiger charge is -2.64. The number of carboxylic acid groups (broad SMARTS) is 1. The van der Waals surface area contributed by atoms with E-state index in [1.165, 1.54) is 0 Å². The minimum atomic E-state index is -0.756. The molecule has 3 atom stereocenters. The largest absolute Gasteiger partial charge is 0.481 e. The highest BCUT2D eigenvalue weighted by molar-refractivity contribution is 5.68. The van der Waals surface area contributed by atoms with Crippen LogP contribution in [0.2, 0.25) is 0 Å². The molecule has 80 valence electrons. The summed E-state index contributed by atoms with van der Waals surface area (Å²) in [7, 11) is 0. The fraction of sp³-hybridized carbons (Fsp3) is 0.909. The van der Waals surface area contributed by atoms with Gasteiger partial charge in [0.2, 0.25) is 0 Å². The van der Waals surface area contributed by atoms with E-state index in [-0.39, 0.29) is 11.8 Å². The van der Waals surface area contributed by atoms with Gasteiger partial charge in [-0.05, 0) is 36.5 Å². The fourth-order valence-electron chi connectivity index (χ4n) is 3.59. The smallest absolute Gasteiger partial charge is 0.305 e. The van der Waals surface area contributed by atoms with Crippen molar-refractivity contribution in [2.75, 3.05) is 0 Å². The molecule has 3 aliphatic rings. The lowest BCUT2D eigenvalue weighted by atomic mass is 9.43. The maximum absolute atomic E-state index is 10.8. The number of rotatable bonds is 2. The molecule has 14 heavy (non-hydrogen) atoms. The molecule has 0 spiro atoms. The van der Waals surface area contributed by atoms with Gasteiger partial charge in [0, 0.05) is 5.54 Å². The zero-order valence-corrected chi connectivity index (χ0v) is 8.92. The van der Waals surface area contributed by atoms with E-state index in [1.54, 1.807) is 0 Å². The number of hydrogen-bond acceptors (Lipinski definition) is 2. The Balaban J connectivity index is 2.17. The summed E-state index contributed by atoms with van der Waals surface area (Å²) in [6, 6.07) is 0. The van der Waals surface area contributed by atoms with Gasteiger partial charge in [-0.15, -0.1) is 0 Å². The Bertz CT molecular complexity index is 272. The van der Waals surface area contributed by atoms with E-state index < -0.39 is 11.5 Å². The van der Waals surface area contributed by atoms with Crippen molar-refractivity contribution in [1.82, 2.24) is 0 Å². The van der Waals surface area contributed by atoms with Crippen LogP contribution in [0.4, 0.5) is 0 Å². The first kappa shape index (κ1) is 9.97. The van der Waals surface area contributed by atoms with Gasteiger partial charge in [-0.3, -0.25) is 4.79 Å². The molecule has 0 unspecified atom stereocenters. The molecule has 0 aliphatic heterocycles. The van der Waals surface area contributed by atoms with Crippen LogP contribution in [-0.4, -0.2) is 16.6 Å². The normalized spacial score (nSPS) is 44.2. The van der Waals surface area contributed by atoms with Crippen LogP contribution in [0.5, 0.6) is 0 Å². The van der Waals surface area contributed by atoms with Gasteiger partial charge in [0.25, 0.3) is 0 Å². The molecule has 0 aromatic rings. The first-order chi connectivity index (χ1) is 6.36. The van der Waals surface area contributed by atoms with Gasteiger partial charge in [0.15, 0.2) is 0 Å². The molecule has 3 nitrogen and oxygen atoms in total. The molecule has 3 rings (SSSR count). The van der Waals surface area contributed by atoms with Crippen LogP contribution < -0.4 is 5.73 Å². The van der Waals surface area contributed by atoms with Crippen LogP contribution in [0.15, 0.2) is 0 Å². The third-order valence-electron chi connectivity index (χ3n) is 4.60. The van der Waals surface area contributed by atoms with Crippen molar-refractivity contribution >= 4 is 5.97 Å². The Morgan fingerprint density at radius 2 is 2.21 bits per heavy atom. The second-order valence-corrected chi connectivity index (χ2v) is 5.65. The van der Waals surface area contributed by atoms with Crippen LogP contribution in [0, 0.1) is 17.3 Å². The van der Waals surface area contributed by atoms with E-state index in [2.05, 4.69) is 13.8 Å². The predicted molar refractivity (Wildman–Crippen MR) is 53.8 cm³/mol. The van der Waals surface area contributed by atoms with E-state index in [4.69, 9.17) is 10.8 Å². The molecular weight excluding hydrogens is 178 g/mol. The summed E-state index contributed by atoms with van der Waals surface area (Å²) in [5.74, 6) is 0.427. The summed E-state index contributed by atoms with van der Waals surface area (Å²) in [6.45, 7) is 4.46. The Hall–Kier alpha value is -0.570. The Morgan fingerprint density at radius 1 is 1.57 bits per heavy atom. The molecule has 0 radical (unpaired) electrons. The maximum atomic E-state index is 10.8. The highest BCUT2D eigenvalue weighted by atomic mass is 16.4. The molecular formula is C11H19NO2. The molecule has 3 fully saturated rings. The monoisotopic (exact) mass is 197 g/mol. The average Bonchev–Trinajstić information content (AvgIpc) is 2.00. The molecule has 0 aromatic heterocycles.